The van der Waals surface area contributed by atoms with Gasteiger partial charge in [0, 0.05) is 18.2 Å². The van der Waals surface area contributed by atoms with Crippen LogP contribution in [-0.4, -0.2) is 25.8 Å². The van der Waals surface area contributed by atoms with Gasteiger partial charge in [-0.15, -0.1) is 0 Å². The molecule has 2 rings (SSSR count). The van der Waals surface area contributed by atoms with Crippen LogP contribution in [0.25, 0.3) is 0 Å². The maximum atomic E-state index is 13.7. The van der Waals surface area contributed by atoms with Crippen LogP contribution in [0.3, 0.4) is 0 Å². The van der Waals surface area contributed by atoms with Gasteiger partial charge in [-0.05, 0) is 32.4 Å². The van der Waals surface area contributed by atoms with E-state index in [1.807, 2.05) is 0 Å². The van der Waals surface area contributed by atoms with Crippen LogP contribution in [0, 0.1) is 5.82 Å². The van der Waals surface area contributed by atoms with Crippen LogP contribution < -0.4 is 10.1 Å². The van der Waals surface area contributed by atoms with E-state index >= 15 is 0 Å². The van der Waals surface area contributed by atoms with E-state index in [-0.39, 0.29) is 11.4 Å². The summed E-state index contributed by atoms with van der Waals surface area (Å²) in [6.45, 7) is 4.23. The highest BCUT2D eigenvalue weighted by Crippen LogP contribution is 2.23. The van der Waals surface area contributed by atoms with Crippen LogP contribution in [-0.2, 0) is 11.3 Å². The number of piperidine rings is 1. The molecule has 0 amide bonds. The summed E-state index contributed by atoms with van der Waals surface area (Å²) in [6, 6.07) is 4.86. The Hall–Kier alpha value is -1.13. The second-order valence-corrected chi connectivity index (χ2v) is 4.98. The minimum atomic E-state index is -0.276. The highest BCUT2D eigenvalue weighted by atomic mass is 19.1. The molecule has 1 heterocycles. The third-order valence-corrected chi connectivity index (χ3v) is 3.39. The van der Waals surface area contributed by atoms with Crippen LogP contribution in [0.2, 0.25) is 0 Å². The fourth-order valence-electron chi connectivity index (χ4n) is 2.18. The maximum absolute atomic E-state index is 13.7. The van der Waals surface area contributed by atoms with Crippen molar-refractivity contribution in [2.75, 3.05) is 20.2 Å². The predicted octanol–water partition coefficient (Wildman–Crippen LogP) is 2.49. The number of rotatable bonds is 4. The van der Waals surface area contributed by atoms with Crippen LogP contribution in [0.15, 0.2) is 18.2 Å². The molecule has 0 aromatic heterocycles. The summed E-state index contributed by atoms with van der Waals surface area (Å²) in [5, 5.41) is 3.31. The molecule has 1 atom stereocenters. The zero-order valence-corrected chi connectivity index (χ0v) is 11.0. The van der Waals surface area contributed by atoms with E-state index in [9.17, 15) is 4.39 Å². The summed E-state index contributed by atoms with van der Waals surface area (Å²) in [4.78, 5) is 0. The second-order valence-electron chi connectivity index (χ2n) is 4.98. The average molecular weight is 253 g/mol. The van der Waals surface area contributed by atoms with Gasteiger partial charge in [0.25, 0.3) is 0 Å². The van der Waals surface area contributed by atoms with Gasteiger partial charge in [0.1, 0.15) is 11.6 Å². The van der Waals surface area contributed by atoms with Crippen LogP contribution >= 0.6 is 0 Å². The van der Waals surface area contributed by atoms with Crippen molar-refractivity contribution in [1.29, 1.82) is 0 Å². The molecule has 0 bridgehead atoms. The normalized spacial score (nSPS) is 23.9. The first-order valence-corrected chi connectivity index (χ1v) is 6.30. The Balaban J connectivity index is 1.97. The van der Waals surface area contributed by atoms with E-state index < -0.39 is 0 Å². The van der Waals surface area contributed by atoms with E-state index in [1.165, 1.54) is 13.2 Å². The van der Waals surface area contributed by atoms with Gasteiger partial charge in [0.15, 0.2) is 0 Å². The number of ether oxygens (including phenoxy) is 2. The fourth-order valence-corrected chi connectivity index (χ4v) is 2.18. The van der Waals surface area contributed by atoms with Crippen molar-refractivity contribution in [3.05, 3.63) is 29.6 Å². The molecule has 1 aromatic carbocycles. The van der Waals surface area contributed by atoms with E-state index in [4.69, 9.17) is 9.47 Å². The number of benzene rings is 1. The summed E-state index contributed by atoms with van der Waals surface area (Å²) >= 11 is 0. The van der Waals surface area contributed by atoms with Crippen LogP contribution in [0.1, 0.15) is 25.3 Å². The lowest BCUT2D eigenvalue weighted by Gasteiger charge is -2.34. The molecule has 1 aliphatic rings. The van der Waals surface area contributed by atoms with Crippen molar-refractivity contribution in [2.24, 2.45) is 0 Å². The lowest BCUT2D eigenvalue weighted by molar-refractivity contribution is -0.0580. The Kier molecular flexibility index (Phi) is 4.19. The number of halogens is 1. The van der Waals surface area contributed by atoms with Gasteiger partial charge in [-0.3, -0.25) is 0 Å². The Morgan fingerprint density at radius 1 is 1.44 bits per heavy atom. The predicted molar refractivity (Wildman–Crippen MR) is 68.2 cm³/mol. The molecule has 1 saturated heterocycles. The molecule has 1 aromatic rings. The van der Waals surface area contributed by atoms with Gasteiger partial charge in [0.2, 0.25) is 0 Å². The number of hydrogen-bond acceptors (Lipinski definition) is 3. The molecule has 4 heteroatoms. The Labute approximate surface area is 107 Å². The molecular weight excluding hydrogens is 233 g/mol. The number of hydrogen-bond donors (Lipinski definition) is 1. The van der Waals surface area contributed by atoms with Gasteiger partial charge >= 0.3 is 0 Å². The number of nitrogens with one attached hydrogen (secondary N) is 1. The summed E-state index contributed by atoms with van der Waals surface area (Å²) in [6.07, 6.45) is 2.11. The van der Waals surface area contributed by atoms with Crippen molar-refractivity contribution in [3.63, 3.8) is 0 Å². The van der Waals surface area contributed by atoms with Gasteiger partial charge < -0.3 is 14.8 Å². The molecule has 18 heavy (non-hydrogen) atoms. The SMILES string of the molecule is COc1ccc(COC2(C)CCCNC2)c(F)c1. The molecule has 0 radical (unpaired) electrons. The van der Waals surface area contributed by atoms with Crippen molar-refractivity contribution < 1.29 is 13.9 Å². The van der Waals surface area contributed by atoms with Crippen molar-refractivity contribution in [2.45, 2.75) is 32.0 Å². The molecule has 100 valence electrons. The molecule has 0 aliphatic carbocycles. The second kappa shape index (κ2) is 5.67. The van der Waals surface area contributed by atoms with E-state index in [2.05, 4.69) is 12.2 Å². The van der Waals surface area contributed by atoms with E-state index in [1.54, 1.807) is 12.1 Å². The quantitative estimate of drug-likeness (QED) is 0.894. The van der Waals surface area contributed by atoms with E-state index in [0.717, 1.165) is 25.9 Å². The Bertz CT molecular complexity index is 403. The minimum absolute atomic E-state index is 0.190. The zero-order chi connectivity index (χ0) is 13.0. The highest BCUT2D eigenvalue weighted by Gasteiger charge is 2.27. The highest BCUT2D eigenvalue weighted by molar-refractivity contribution is 5.28. The third-order valence-electron chi connectivity index (χ3n) is 3.39. The third kappa shape index (κ3) is 3.21. The zero-order valence-electron chi connectivity index (χ0n) is 11.0. The topological polar surface area (TPSA) is 30.5 Å². The molecule has 1 fully saturated rings. The monoisotopic (exact) mass is 253 g/mol. The molecule has 1 N–H and O–H groups in total. The molecule has 1 unspecified atom stereocenters. The fraction of sp³-hybridized carbons (Fsp3) is 0.571. The average Bonchev–Trinajstić information content (AvgIpc) is 2.38. The van der Waals surface area contributed by atoms with Crippen molar-refractivity contribution in [1.82, 2.24) is 5.32 Å². The lowest BCUT2D eigenvalue weighted by atomic mass is 9.96. The van der Waals surface area contributed by atoms with Gasteiger partial charge in [-0.25, -0.2) is 4.39 Å². The molecular formula is C14H20FNO2. The molecule has 0 saturated carbocycles. The van der Waals surface area contributed by atoms with Crippen LogP contribution in [0.4, 0.5) is 4.39 Å². The smallest absolute Gasteiger partial charge is 0.132 e. The summed E-state index contributed by atoms with van der Waals surface area (Å²) in [5.74, 6) is 0.253. The summed E-state index contributed by atoms with van der Waals surface area (Å²) < 4.78 is 24.6. The van der Waals surface area contributed by atoms with Crippen LogP contribution in [0.5, 0.6) is 5.75 Å². The first-order chi connectivity index (χ1) is 8.63. The van der Waals surface area contributed by atoms with Gasteiger partial charge in [-0.2, -0.15) is 0 Å². The van der Waals surface area contributed by atoms with Crippen molar-refractivity contribution >= 4 is 0 Å². The Morgan fingerprint density at radius 2 is 2.28 bits per heavy atom. The maximum Gasteiger partial charge on any atom is 0.132 e. The molecule has 1 aliphatic heterocycles. The first kappa shape index (κ1) is 13.3. The minimum Gasteiger partial charge on any atom is -0.497 e. The number of methoxy groups -OCH3 is 1. The standard InChI is InChI=1S/C14H20FNO2/c1-14(6-3-7-16-10-14)18-9-11-4-5-12(17-2)8-13(11)15/h4-5,8,16H,3,6-7,9-10H2,1-2H3. The van der Waals surface area contributed by atoms with Crippen molar-refractivity contribution in [3.8, 4) is 5.75 Å². The van der Waals surface area contributed by atoms with Gasteiger partial charge in [0.05, 0.1) is 19.3 Å². The lowest BCUT2D eigenvalue weighted by Crippen LogP contribution is -2.45. The van der Waals surface area contributed by atoms with Gasteiger partial charge in [-0.1, -0.05) is 6.07 Å². The molecule has 0 spiro atoms. The summed E-state index contributed by atoms with van der Waals surface area (Å²) in [5.41, 5.74) is 0.382. The van der Waals surface area contributed by atoms with E-state index in [0.29, 0.717) is 17.9 Å². The molecule has 3 nitrogen and oxygen atoms in total. The first-order valence-electron chi connectivity index (χ1n) is 6.30. The Morgan fingerprint density at radius 3 is 2.89 bits per heavy atom. The summed E-state index contributed by atoms with van der Waals surface area (Å²) in [7, 11) is 1.53. The largest absolute Gasteiger partial charge is 0.497 e.